The summed E-state index contributed by atoms with van der Waals surface area (Å²) in [7, 11) is -0.942. The van der Waals surface area contributed by atoms with E-state index >= 15 is 0 Å². The fourth-order valence-electron chi connectivity index (χ4n) is 2.65. The molecule has 2 aromatic heterocycles. The van der Waals surface area contributed by atoms with E-state index in [0.717, 1.165) is 0 Å². The fraction of sp³-hybridized carbons (Fsp3) is 0.211. The maximum absolute atomic E-state index is 12.5. The minimum atomic E-state index is -3.82. The van der Waals surface area contributed by atoms with Crippen LogP contribution in [0.2, 0.25) is 0 Å². The molecule has 2 heterocycles. The summed E-state index contributed by atoms with van der Waals surface area (Å²) in [5, 5.41) is 6.83. The highest BCUT2D eigenvalue weighted by atomic mass is 32.2. The number of ether oxygens (including phenoxy) is 2. The summed E-state index contributed by atoms with van der Waals surface area (Å²) in [5.41, 5.74) is 0.467. The van der Waals surface area contributed by atoms with Crippen molar-refractivity contribution in [2.75, 3.05) is 26.1 Å². The SMILES string of the molecule is COc1ccc(S(=O)(=O)NCCC(=O)Nc2cccnc2-n2cccn2)cc1OC. The van der Waals surface area contributed by atoms with E-state index in [0.29, 0.717) is 23.0 Å². The van der Waals surface area contributed by atoms with E-state index in [1.54, 1.807) is 36.8 Å². The van der Waals surface area contributed by atoms with Gasteiger partial charge in [0.2, 0.25) is 15.9 Å². The van der Waals surface area contributed by atoms with Gasteiger partial charge in [-0.25, -0.2) is 22.8 Å². The van der Waals surface area contributed by atoms with Crippen LogP contribution in [0.25, 0.3) is 5.82 Å². The zero-order chi connectivity index (χ0) is 21.6. The number of nitrogens with zero attached hydrogens (tertiary/aromatic N) is 3. The van der Waals surface area contributed by atoms with Crippen LogP contribution < -0.4 is 19.5 Å². The number of rotatable bonds is 9. The first-order valence-corrected chi connectivity index (χ1v) is 10.4. The van der Waals surface area contributed by atoms with E-state index in [-0.39, 0.29) is 23.8 Å². The van der Waals surface area contributed by atoms with Crippen molar-refractivity contribution in [1.82, 2.24) is 19.5 Å². The summed E-state index contributed by atoms with van der Waals surface area (Å²) < 4.78 is 39.1. The molecule has 3 aromatic rings. The molecule has 0 atom stereocenters. The first-order chi connectivity index (χ1) is 14.4. The van der Waals surface area contributed by atoms with Gasteiger partial charge in [-0.3, -0.25) is 4.79 Å². The lowest BCUT2D eigenvalue weighted by atomic mass is 10.3. The Hall–Kier alpha value is -3.44. The van der Waals surface area contributed by atoms with Gasteiger partial charge >= 0.3 is 0 Å². The molecular weight excluding hydrogens is 410 g/mol. The maximum Gasteiger partial charge on any atom is 0.240 e. The number of carbonyl (C=O) groups excluding carboxylic acids is 1. The van der Waals surface area contributed by atoms with Crippen molar-refractivity contribution in [3.63, 3.8) is 0 Å². The second-order valence-corrected chi connectivity index (χ2v) is 7.80. The standard InChI is InChI=1S/C19H21N5O5S/c1-28-16-7-6-14(13-17(16)29-2)30(26,27)22-11-8-18(25)23-15-5-3-9-20-19(15)24-12-4-10-21-24/h3-7,9-10,12-13,22H,8,11H2,1-2H3,(H,23,25). The Kier molecular flexibility index (Phi) is 6.65. The molecule has 0 aliphatic carbocycles. The Morgan fingerprint density at radius 1 is 1.10 bits per heavy atom. The van der Waals surface area contributed by atoms with E-state index < -0.39 is 10.0 Å². The largest absolute Gasteiger partial charge is 0.493 e. The zero-order valence-electron chi connectivity index (χ0n) is 16.4. The van der Waals surface area contributed by atoms with Crippen LogP contribution in [0, 0.1) is 0 Å². The van der Waals surface area contributed by atoms with Crippen LogP contribution in [-0.4, -0.2) is 49.9 Å². The molecule has 158 valence electrons. The molecular formula is C19H21N5O5S. The van der Waals surface area contributed by atoms with Gasteiger partial charge in [-0.1, -0.05) is 0 Å². The lowest BCUT2D eigenvalue weighted by molar-refractivity contribution is -0.116. The number of nitrogens with one attached hydrogen (secondary N) is 2. The number of methoxy groups -OCH3 is 2. The highest BCUT2D eigenvalue weighted by Gasteiger charge is 2.17. The normalized spacial score (nSPS) is 11.1. The summed E-state index contributed by atoms with van der Waals surface area (Å²) in [4.78, 5) is 16.5. The summed E-state index contributed by atoms with van der Waals surface area (Å²) >= 11 is 0. The molecule has 0 fully saturated rings. The molecule has 0 saturated carbocycles. The van der Waals surface area contributed by atoms with Crippen molar-refractivity contribution in [2.45, 2.75) is 11.3 Å². The van der Waals surface area contributed by atoms with Gasteiger partial charge in [0.05, 0.1) is 24.8 Å². The summed E-state index contributed by atoms with van der Waals surface area (Å²) in [6, 6.07) is 9.36. The van der Waals surface area contributed by atoms with Crippen molar-refractivity contribution < 1.29 is 22.7 Å². The lowest BCUT2D eigenvalue weighted by Gasteiger charge is -2.12. The van der Waals surface area contributed by atoms with Gasteiger partial charge < -0.3 is 14.8 Å². The smallest absolute Gasteiger partial charge is 0.240 e. The van der Waals surface area contributed by atoms with Crippen molar-refractivity contribution in [2.24, 2.45) is 0 Å². The van der Waals surface area contributed by atoms with E-state index in [4.69, 9.17) is 9.47 Å². The third-order valence-electron chi connectivity index (χ3n) is 4.09. The molecule has 30 heavy (non-hydrogen) atoms. The van der Waals surface area contributed by atoms with Crippen LogP contribution in [0.4, 0.5) is 5.69 Å². The van der Waals surface area contributed by atoms with Crippen LogP contribution >= 0.6 is 0 Å². The number of hydrogen-bond donors (Lipinski definition) is 2. The molecule has 2 N–H and O–H groups in total. The second kappa shape index (κ2) is 9.37. The van der Waals surface area contributed by atoms with E-state index in [9.17, 15) is 13.2 Å². The van der Waals surface area contributed by atoms with Crippen LogP contribution in [0.1, 0.15) is 6.42 Å². The second-order valence-electron chi connectivity index (χ2n) is 6.04. The highest BCUT2D eigenvalue weighted by Crippen LogP contribution is 2.29. The van der Waals surface area contributed by atoms with Gasteiger partial charge in [-0.15, -0.1) is 0 Å². The Morgan fingerprint density at radius 2 is 1.90 bits per heavy atom. The molecule has 0 spiro atoms. The number of carbonyl (C=O) groups is 1. The van der Waals surface area contributed by atoms with Gasteiger partial charge in [0.15, 0.2) is 17.3 Å². The van der Waals surface area contributed by atoms with E-state index in [1.165, 1.54) is 37.1 Å². The van der Waals surface area contributed by atoms with E-state index in [1.807, 2.05) is 0 Å². The molecule has 0 saturated heterocycles. The van der Waals surface area contributed by atoms with Crippen LogP contribution in [0.15, 0.2) is 59.9 Å². The van der Waals surface area contributed by atoms with Crippen LogP contribution in [0.5, 0.6) is 11.5 Å². The minimum Gasteiger partial charge on any atom is -0.493 e. The Bertz CT molecular complexity index is 1120. The maximum atomic E-state index is 12.5. The molecule has 0 aliphatic rings. The first kappa shape index (κ1) is 21.3. The summed E-state index contributed by atoms with van der Waals surface area (Å²) in [5.74, 6) is 0.800. The Labute approximate surface area is 173 Å². The number of hydrogen-bond acceptors (Lipinski definition) is 7. The minimum absolute atomic E-state index is 0.00814. The zero-order valence-corrected chi connectivity index (χ0v) is 17.2. The number of aromatic nitrogens is 3. The van der Waals surface area contributed by atoms with Gasteiger partial charge in [-0.05, 0) is 30.3 Å². The molecule has 1 aromatic carbocycles. The Balaban J connectivity index is 1.61. The third kappa shape index (κ3) is 4.93. The first-order valence-electron chi connectivity index (χ1n) is 8.91. The summed E-state index contributed by atoms with van der Waals surface area (Å²) in [6.45, 7) is -0.0835. The summed E-state index contributed by atoms with van der Waals surface area (Å²) in [6.07, 6.45) is 4.82. The number of amides is 1. The number of benzene rings is 1. The molecule has 0 unspecified atom stereocenters. The van der Waals surface area contributed by atoms with Gasteiger partial charge in [-0.2, -0.15) is 5.10 Å². The number of pyridine rings is 1. The molecule has 0 aliphatic heterocycles. The number of anilines is 1. The van der Waals surface area contributed by atoms with Crippen molar-refractivity contribution in [3.05, 3.63) is 55.0 Å². The van der Waals surface area contributed by atoms with Crippen LogP contribution in [-0.2, 0) is 14.8 Å². The quantitative estimate of drug-likeness (QED) is 0.527. The lowest BCUT2D eigenvalue weighted by Crippen LogP contribution is -2.28. The molecule has 1 amide bonds. The third-order valence-corrected chi connectivity index (χ3v) is 5.55. The average Bonchev–Trinajstić information content (AvgIpc) is 3.28. The fourth-order valence-corrected chi connectivity index (χ4v) is 3.70. The molecule has 10 nitrogen and oxygen atoms in total. The highest BCUT2D eigenvalue weighted by molar-refractivity contribution is 7.89. The molecule has 0 radical (unpaired) electrons. The van der Waals surface area contributed by atoms with Crippen molar-refractivity contribution >= 4 is 21.6 Å². The topological polar surface area (TPSA) is 124 Å². The molecule has 0 bridgehead atoms. The van der Waals surface area contributed by atoms with Crippen molar-refractivity contribution in [3.8, 4) is 17.3 Å². The van der Waals surface area contributed by atoms with Gasteiger partial charge in [0, 0.05) is 37.6 Å². The number of sulfonamides is 1. The van der Waals surface area contributed by atoms with Gasteiger partial charge in [0.1, 0.15) is 0 Å². The van der Waals surface area contributed by atoms with Gasteiger partial charge in [0.25, 0.3) is 0 Å². The Morgan fingerprint density at radius 3 is 2.60 bits per heavy atom. The molecule has 3 rings (SSSR count). The molecule has 11 heteroatoms. The van der Waals surface area contributed by atoms with Crippen molar-refractivity contribution in [1.29, 1.82) is 0 Å². The monoisotopic (exact) mass is 431 g/mol. The predicted octanol–water partition coefficient (Wildman–Crippen LogP) is 1.59. The van der Waals surface area contributed by atoms with E-state index in [2.05, 4.69) is 20.1 Å². The predicted molar refractivity (Wildman–Crippen MR) is 109 cm³/mol. The average molecular weight is 431 g/mol. The van der Waals surface area contributed by atoms with Crippen LogP contribution in [0.3, 0.4) is 0 Å².